The molecule has 1 aromatic carbocycles. The summed E-state index contributed by atoms with van der Waals surface area (Å²) in [6.45, 7) is 7.04. The molecule has 0 saturated carbocycles. The third kappa shape index (κ3) is 6.22. The third-order valence-corrected chi connectivity index (χ3v) is 3.57. The second kappa shape index (κ2) is 8.24. The summed E-state index contributed by atoms with van der Waals surface area (Å²) in [6.07, 6.45) is 0.200. The number of ether oxygens (including phenoxy) is 2. The number of phenols is 1. The van der Waals surface area contributed by atoms with Crippen LogP contribution in [0, 0.1) is 0 Å². The van der Waals surface area contributed by atoms with E-state index in [1.165, 1.54) is 0 Å². The third-order valence-electron chi connectivity index (χ3n) is 3.27. The number of rotatable bonds is 2. The number of halogens is 1. The van der Waals surface area contributed by atoms with E-state index in [4.69, 9.17) is 21.1 Å². The van der Waals surface area contributed by atoms with Crippen LogP contribution in [-0.4, -0.2) is 47.5 Å². The molecule has 1 aliphatic heterocycles. The fourth-order valence-electron chi connectivity index (χ4n) is 2.28. The fraction of sp³-hybridized carbons (Fsp3) is 0.562. The molecule has 1 aliphatic rings. The van der Waals surface area contributed by atoms with Gasteiger partial charge in [0.1, 0.15) is 11.4 Å². The molecule has 1 amide bonds. The van der Waals surface area contributed by atoms with Crippen LogP contribution in [0.25, 0.3) is 0 Å². The molecular weight excluding hydrogens is 361 g/mol. The molecule has 7 heteroatoms. The van der Waals surface area contributed by atoms with E-state index in [-0.39, 0.29) is 35.0 Å². The van der Waals surface area contributed by atoms with E-state index < -0.39 is 5.60 Å². The van der Waals surface area contributed by atoms with Gasteiger partial charge in [-0.2, -0.15) is 0 Å². The number of phenolic OH excluding ortho intramolecular Hbond substituents is 1. The number of nitrogens with zero attached hydrogens (tertiary/aromatic N) is 1. The van der Waals surface area contributed by atoms with E-state index in [2.05, 4.69) is 0 Å². The van der Waals surface area contributed by atoms with Crippen LogP contribution in [0.5, 0.6) is 5.75 Å². The summed E-state index contributed by atoms with van der Waals surface area (Å²) in [5.41, 5.74) is 0.453. The molecule has 5 nitrogen and oxygen atoms in total. The minimum Gasteiger partial charge on any atom is -0.506 e. The Morgan fingerprint density at radius 3 is 2.78 bits per heavy atom. The number of aromatic hydroxyl groups is 1. The molecule has 1 N–H and O–H groups in total. The van der Waals surface area contributed by atoms with Crippen LogP contribution >= 0.6 is 11.6 Å². The average Bonchev–Trinajstić information content (AvgIpc) is 2.41. The Bertz CT molecular complexity index is 547. The topological polar surface area (TPSA) is 59.0 Å². The summed E-state index contributed by atoms with van der Waals surface area (Å²) in [5.74, 6) is 0.0605. The fourth-order valence-corrected chi connectivity index (χ4v) is 2.48. The first-order chi connectivity index (χ1) is 10.2. The van der Waals surface area contributed by atoms with Crippen LogP contribution in [0.2, 0.25) is 5.02 Å². The second-order valence-electron chi connectivity index (χ2n) is 6.41. The van der Waals surface area contributed by atoms with E-state index in [0.717, 1.165) is 5.56 Å². The maximum Gasteiger partial charge on any atom is 0.410 e. The van der Waals surface area contributed by atoms with Gasteiger partial charge in [0, 0.05) is 30.0 Å². The smallest absolute Gasteiger partial charge is 0.410 e. The van der Waals surface area contributed by atoms with Gasteiger partial charge in [-0.15, -0.1) is 0 Å². The number of hydrogen-bond acceptors (Lipinski definition) is 4. The SMILES string of the molecule is CC(C)(C)OC(=O)N1CCO[C@H](Cc2ccc(O)c(Cl)c2)C1.[Fe]. The minimum atomic E-state index is -0.505. The Morgan fingerprint density at radius 2 is 2.17 bits per heavy atom. The van der Waals surface area contributed by atoms with Crippen LogP contribution in [0.15, 0.2) is 18.2 Å². The summed E-state index contributed by atoms with van der Waals surface area (Å²) >= 11 is 5.91. The molecule has 1 atom stereocenters. The molecule has 0 unspecified atom stereocenters. The van der Waals surface area contributed by atoms with Crippen molar-refractivity contribution in [2.45, 2.75) is 38.9 Å². The Labute approximate surface area is 152 Å². The molecule has 2 rings (SSSR count). The van der Waals surface area contributed by atoms with Gasteiger partial charge in [-0.05, 0) is 38.5 Å². The number of benzene rings is 1. The van der Waals surface area contributed by atoms with Crippen molar-refractivity contribution >= 4 is 17.7 Å². The van der Waals surface area contributed by atoms with Crippen molar-refractivity contribution in [1.82, 2.24) is 4.90 Å². The number of morpholine rings is 1. The van der Waals surface area contributed by atoms with E-state index in [1.54, 1.807) is 23.1 Å². The first-order valence-electron chi connectivity index (χ1n) is 7.31. The second-order valence-corrected chi connectivity index (χ2v) is 6.82. The van der Waals surface area contributed by atoms with Gasteiger partial charge in [-0.1, -0.05) is 17.7 Å². The molecule has 0 spiro atoms. The summed E-state index contributed by atoms with van der Waals surface area (Å²) < 4.78 is 11.1. The van der Waals surface area contributed by atoms with Crippen molar-refractivity contribution < 1.29 is 36.4 Å². The van der Waals surface area contributed by atoms with Crippen LogP contribution in [0.4, 0.5) is 4.79 Å². The molecule has 130 valence electrons. The van der Waals surface area contributed by atoms with Crippen LogP contribution < -0.4 is 0 Å². The van der Waals surface area contributed by atoms with Crippen molar-refractivity contribution in [3.8, 4) is 5.75 Å². The Morgan fingerprint density at radius 1 is 1.48 bits per heavy atom. The zero-order chi connectivity index (χ0) is 16.3. The molecule has 0 aromatic heterocycles. The first-order valence-corrected chi connectivity index (χ1v) is 7.69. The van der Waals surface area contributed by atoms with E-state index in [1.807, 2.05) is 20.8 Å². The van der Waals surface area contributed by atoms with Gasteiger partial charge in [0.2, 0.25) is 0 Å². The molecule has 0 aliphatic carbocycles. The summed E-state index contributed by atoms with van der Waals surface area (Å²) in [7, 11) is 0. The van der Waals surface area contributed by atoms with Crippen molar-refractivity contribution in [1.29, 1.82) is 0 Å². The van der Waals surface area contributed by atoms with Crippen LogP contribution in [-0.2, 0) is 33.0 Å². The number of carbonyl (C=O) groups is 1. The first kappa shape index (κ1) is 20.1. The van der Waals surface area contributed by atoms with Crippen LogP contribution in [0.3, 0.4) is 0 Å². The molecule has 0 radical (unpaired) electrons. The Kier molecular flexibility index (Phi) is 7.21. The Hall–Kier alpha value is -0.941. The standard InChI is InChI=1S/C16H22ClNO4.Fe/c1-16(2,3)22-15(20)18-6-7-21-12(10-18)8-11-4-5-14(19)13(17)9-11;/h4-5,9,12,19H,6-8,10H2,1-3H3;/t12-;/m1./s1. The van der Waals surface area contributed by atoms with Crippen molar-refractivity contribution in [2.75, 3.05) is 19.7 Å². The van der Waals surface area contributed by atoms with E-state index >= 15 is 0 Å². The van der Waals surface area contributed by atoms with Crippen molar-refractivity contribution in [2.24, 2.45) is 0 Å². The minimum absolute atomic E-state index is 0. The largest absolute Gasteiger partial charge is 0.506 e. The van der Waals surface area contributed by atoms with E-state index in [9.17, 15) is 9.90 Å². The number of amides is 1. The number of hydrogen-bond donors (Lipinski definition) is 1. The zero-order valence-corrected chi connectivity index (χ0v) is 15.3. The van der Waals surface area contributed by atoms with Gasteiger partial charge < -0.3 is 19.5 Å². The zero-order valence-electron chi connectivity index (χ0n) is 13.5. The predicted molar refractivity (Wildman–Crippen MR) is 84.4 cm³/mol. The van der Waals surface area contributed by atoms with Gasteiger partial charge in [0.05, 0.1) is 24.3 Å². The van der Waals surface area contributed by atoms with Gasteiger partial charge in [0.25, 0.3) is 0 Å². The monoisotopic (exact) mass is 383 g/mol. The van der Waals surface area contributed by atoms with Crippen molar-refractivity contribution in [3.63, 3.8) is 0 Å². The maximum absolute atomic E-state index is 12.1. The quantitative estimate of drug-likeness (QED) is 0.797. The summed E-state index contributed by atoms with van der Waals surface area (Å²) in [5, 5.41) is 9.76. The Balaban J connectivity index is 0.00000264. The van der Waals surface area contributed by atoms with Gasteiger partial charge >= 0.3 is 6.09 Å². The maximum atomic E-state index is 12.1. The molecule has 1 saturated heterocycles. The average molecular weight is 384 g/mol. The normalized spacial score (nSPS) is 18.3. The van der Waals surface area contributed by atoms with Gasteiger partial charge in [0.15, 0.2) is 0 Å². The number of carbonyl (C=O) groups excluding carboxylic acids is 1. The van der Waals surface area contributed by atoms with E-state index in [0.29, 0.717) is 31.1 Å². The molecule has 1 fully saturated rings. The molecular formula is C16H22ClFeNO4. The molecule has 1 heterocycles. The predicted octanol–water partition coefficient (Wildman–Crippen LogP) is 3.22. The molecule has 0 bridgehead atoms. The molecule has 23 heavy (non-hydrogen) atoms. The molecule has 1 aromatic rings. The summed E-state index contributed by atoms with van der Waals surface area (Å²) in [4.78, 5) is 13.8. The van der Waals surface area contributed by atoms with Crippen LogP contribution in [0.1, 0.15) is 26.3 Å². The van der Waals surface area contributed by atoms with Gasteiger partial charge in [-0.3, -0.25) is 0 Å². The summed E-state index contributed by atoms with van der Waals surface area (Å²) in [6, 6.07) is 5.08. The van der Waals surface area contributed by atoms with Gasteiger partial charge in [-0.25, -0.2) is 4.79 Å². The van der Waals surface area contributed by atoms with Crippen molar-refractivity contribution in [3.05, 3.63) is 28.8 Å².